The summed E-state index contributed by atoms with van der Waals surface area (Å²) in [7, 11) is 14.9. The van der Waals surface area contributed by atoms with Gasteiger partial charge in [0.25, 0.3) is 0 Å². The molecule has 0 amide bonds. The van der Waals surface area contributed by atoms with Crippen molar-refractivity contribution in [3.8, 4) is 46.0 Å². The molecule has 0 aliphatic carbocycles. The molecular weight excluding hydrogens is 1210 g/mol. The van der Waals surface area contributed by atoms with Gasteiger partial charge in [-0.15, -0.1) is 0 Å². The molecule has 0 heterocycles. The lowest BCUT2D eigenvalue weighted by atomic mass is 9.99. The van der Waals surface area contributed by atoms with Crippen LogP contribution in [0.2, 0.25) is 0 Å². The first-order valence-electron chi connectivity index (χ1n) is 32.7. The van der Waals surface area contributed by atoms with Crippen molar-refractivity contribution in [2.24, 2.45) is 23.2 Å². The van der Waals surface area contributed by atoms with Crippen molar-refractivity contribution in [3.05, 3.63) is 95.1 Å². The van der Waals surface area contributed by atoms with Crippen LogP contribution in [0.5, 0.6) is 46.0 Å². The molecule has 0 saturated heterocycles. The summed E-state index contributed by atoms with van der Waals surface area (Å²) in [4.78, 5) is 0. The molecule has 0 fully saturated rings. The number of ether oxygens (including phenoxy) is 21. The van der Waals surface area contributed by atoms with Crippen LogP contribution in [0, 0.1) is 23.2 Å². The van der Waals surface area contributed by atoms with E-state index in [4.69, 9.17) is 99.5 Å². The second-order valence-corrected chi connectivity index (χ2v) is 24.2. The van der Waals surface area contributed by atoms with E-state index in [1.54, 1.807) is 64.0 Å². The number of methoxy groups -OCH3 is 9. The summed E-state index contributed by atoms with van der Waals surface area (Å²) in [5.74, 6) is 7.36. The molecule has 0 bridgehead atoms. The molecule has 0 N–H and O–H groups in total. The van der Waals surface area contributed by atoms with E-state index in [-0.39, 0.29) is 11.5 Å². The van der Waals surface area contributed by atoms with E-state index in [1.165, 1.54) is 5.56 Å². The van der Waals surface area contributed by atoms with E-state index >= 15 is 0 Å². The molecule has 4 aromatic rings. The lowest BCUT2D eigenvalue weighted by molar-refractivity contribution is -0.0755. The predicted octanol–water partition coefficient (Wildman–Crippen LogP) is 12.1. The molecule has 21 nitrogen and oxygen atoms in total. The Morgan fingerprint density at radius 2 is 0.511 bits per heavy atom. The van der Waals surface area contributed by atoms with Crippen molar-refractivity contribution in [2.75, 3.05) is 209 Å². The Hall–Kier alpha value is -5.24. The third-order valence-corrected chi connectivity index (χ3v) is 12.3. The van der Waals surface area contributed by atoms with E-state index in [1.807, 2.05) is 48.5 Å². The molecule has 0 aliphatic rings. The normalized spacial score (nSPS) is 11.2. The maximum atomic E-state index is 6.31. The van der Waals surface area contributed by atoms with Crippen molar-refractivity contribution in [1.82, 2.24) is 0 Å². The monoisotopic (exact) mass is 1330 g/mol. The van der Waals surface area contributed by atoms with Gasteiger partial charge in [0.2, 0.25) is 0 Å². The highest BCUT2D eigenvalue weighted by atomic mass is 16.6. The highest BCUT2D eigenvalue weighted by molar-refractivity contribution is 5.43. The van der Waals surface area contributed by atoms with Crippen LogP contribution >= 0.6 is 0 Å². The molecule has 21 heteroatoms. The van der Waals surface area contributed by atoms with Crippen molar-refractivity contribution in [1.29, 1.82) is 0 Å². The standard InChI is InChI=1S/C36H50O10.C16H26O4.C13H28O5.C8H18O2/c1-27(2)15-28-16-35(45-25-29-18-31(41-11-7-37-3)22-32(19-29)42-12-8-38-4)24-36(17-28)46-26-30-20-33(43-13-9-39-5)23-34(21-30)44-14-10-40-6;1-13(2)9-14-10-15(19-7-5-17-3)12-16(11-14)20-8-6-18-4;1-12(2)9-18-13(10-16-7-5-14-3)11-17-8-6-15-4;1-8(2,3)7-10-6-5-9-4/h16-24,27H,7-15,25-26H2,1-6H3;10-13H,5-9H2,1-4H3;12-13H,5-11H2,1-4H3;5-7H2,1-4H3. The number of hydrogen-bond acceptors (Lipinski definition) is 21. The number of hydrogen-bond donors (Lipinski definition) is 0. The minimum atomic E-state index is -0.0267. The molecule has 0 atom stereocenters. The smallest absolute Gasteiger partial charge is 0.123 e. The van der Waals surface area contributed by atoms with E-state index in [2.05, 4.69) is 86.6 Å². The molecule has 0 radical (unpaired) electrons. The quantitative estimate of drug-likeness (QED) is 0.0378. The summed E-state index contributed by atoms with van der Waals surface area (Å²) in [6.45, 7) is 32.3. The Morgan fingerprint density at radius 1 is 0.266 bits per heavy atom. The Kier molecular flexibility index (Phi) is 52.5. The van der Waals surface area contributed by atoms with Gasteiger partial charge in [0, 0.05) is 94.9 Å². The van der Waals surface area contributed by atoms with Gasteiger partial charge < -0.3 is 99.5 Å². The van der Waals surface area contributed by atoms with Gasteiger partial charge in [0.1, 0.15) is 105 Å². The van der Waals surface area contributed by atoms with Crippen molar-refractivity contribution in [2.45, 2.75) is 94.5 Å². The Morgan fingerprint density at radius 3 is 0.755 bits per heavy atom. The zero-order valence-corrected chi connectivity index (χ0v) is 60.7. The average molecular weight is 1340 g/mol. The maximum Gasteiger partial charge on any atom is 0.123 e. The number of rotatable bonds is 51. The third-order valence-electron chi connectivity index (χ3n) is 12.3. The molecule has 4 aromatic carbocycles. The predicted molar refractivity (Wildman–Crippen MR) is 368 cm³/mol. The molecule has 0 aromatic heterocycles. The van der Waals surface area contributed by atoms with Crippen LogP contribution in [0.4, 0.5) is 0 Å². The Balaban J connectivity index is 0.000000753. The zero-order chi connectivity index (χ0) is 69.5. The van der Waals surface area contributed by atoms with Crippen LogP contribution < -0.4 is 37.9 Å². The second-order valence-electron chi connectivity index (χ2n) is 24.2. The van der Waals surface area contributed by atoms with Crippen LogP contribution in [0.1, 0.15) is 84.6 Å². The van der Waals surface area contributed by atoms with Crippen LogP contribution in [-0.4, -0.2) is 215 Å². The first-order chi connectivity index (χ1) is 45.3. The minimum absolute atomic E-state index is 0.0267. The fraction of sp³-hybridized carbons (Fsp3) is 0.671. The summed E-state index contributed by atoms with van der Waals surface area (Å²) in [5, 5.41) is 0. The third kappa shape index (κ3) is 48.5. The number of benzene rings is 4. The highest BCUT2D eigenvalue weighted by Gasteiger charge is 2.14. The summed E-state index contributed by atoms with van der Waals surface area (Å²) in [6, 6.07) is 23.6. The van der Waals surface area contributed by atoms with Gasteiger partial charge in [-0.1, -0.05) is 62.3 Å². The SMILES string of the molecule is COCCOCC(C)(C)C.COCCOCC(COCCOC)OCC(C)C.COCCOc1cc(CC(C)C)cc(OCCOC)c1.COCCOc1cc(COc2cc(CC(C)C)cc(OCc3cc(OCCOC)cc(OCCOC)c3)c2)cc(OCCOC)c1. The average Bonchev–Trinajstić information content (AvgIpc) is 0.944. The van der Waals surface area contributed by atoms with Crippen LogP contribution in [-0.2, 0) is 87.6 Å². The minimum Gasteiger partial charge on any atom is -0.491 e. The van der Waals surface area contributed by atoms with Crippen LogP contribution in [0.25, 0.3) is 0 Å². The summed E-state index contributed by atoms with van der Waals surface area (Å²) >= 11 is 0. The maximum absolute atomic E-state index is 6.31. The summed E-state index contributed by atoms with van der Waals surface area (Å²) in [5.41, 5.74) is 4.44. The van der Waals surface area contributed by atoms with Gasteiger partial charge in [-0.3, -0.25) is 0 Å². The van der Waals surface area contributed by atoms with Gasteiger partial charge in [-0.2, -0.15) is 0 Å². The van der Waals surface area contributed by atoms with E-state index < -0.39 is 0 Å². The van der Waals surface area contributed by atoms with E-state index in [0.717, 1.165) is 47.6 Å². The molecular formula is C73H122O21. The first kappa shape index (κ1) is 86.8. The fourth-order valence-electron chi connectivity index (χ4n) is 8.03. The van der Waals surface area contributed by atoms with Crippen LogP contribution in [0.3, 0.4) is 0 Å². The lowest BCUT2D eigenvalue weighted by Gasteiger charge is -2.19. The zero-order valence-electron chi connectivity index (χ0n) is 60.7. The molecule has 540 valence electrons. The Labute approximate surface area is 565 Å². The lowest BCUT2D eigenvalue weighted by Crippen LogP contribution is -2.28. The molecule has 0 spiro atoms. The van der Waals surface area contributed by atoms with Crippen LogP contribution in [0.15, 0.2) is 72.8 Å². The molecule has 0 aliphatic heterocycles. The summed E-state index contributed by atoms with van der Waals surface area (Å²) in [6.07, 6.45) is 1.86. The summed E-state index contributed by atoms with van der Waals surface area (Å²) < 4.78 is 115. The first-order valence-corrected chi connectivity index (χ1v) is 32.7. The van der Waals surface area contributed by atoms with Crippen molar-refractivity contribution < 1.29 is 99.5 Å². The topological polar surface area (TPSA) is 194 Å². The Bertz CT molecular complexity index is 2210. The largest absolute Gasteiger partial charge is 0.491 e. The van der Waals surface area contributed by atoms with E-state index in [0.29, 0.717) is 204 Å². The van der Waals surface area contributed by atoms with Gasteiger partial charge in [-0.25, -0.2) is 0 Å². The van der Waals surface area contributed by atoms with Gasteiger partial charge in [0.05, 0.1) is 99.1 Å². The molecule has 0 saturated carbocycles. The van der Waals surface area contributed by atoms with Crippen molar-refractivity contribution >= 4 is 0 Å². The molecule has 94 heavy (non-hydrogen) atoms. The highest BCUT2D eigenvalue weighted by Crippen LogP contribution is 2.31. The van der Waals surface area contributed by atoms with Gasteiger partial charge >= 0.3 is 0 Å². The fourth-order valence-corrected chi connectivity index (χ4v) is 8.03. The van der Waals surface area contributed by atoms with Gasteiger partial charge in [0.15, 0.2) is 0 Å². The van der Waals surface area contributed by atoms with E-state index in [9.17, 15) is 0 Å². The molecule has 4 rings (SSSR count). The second kappa shape index (κ2) is 56.9. The van der Waals surface area contributed by atoms with Gasteiger partial charge in [-0.05, 0) is 107 Å². The molecule has 0 unspecified atom stereocenters. The van der Waals surface area contributed by atoms with Crippen molar-refractivity contribution in [3.63, 3.8) is 0 Å².